The van der Waals surface area contributed by atoms with E-state index in [4.69, 9.17) is 18.5 Å². The van der Waals surface area contributed by atoms with Gasteiger partial charge < -0.3 is 24.6 Å². The number of phosphoric ester groups is 1. The lowest BCUT2D eigenvalue weighted by Crippen LogP contribution is -2.28. The second-order valence-corrected chi connectivity index (χ2v) is 12.3. The maximum atomic E-state index is 12.2. The van der Waals surface area contributed by atoms with E-state index in [0.29, 0.717) is 12.8 Å². The van der Waals surface area contributed by atoms with Crippen LogP contribution >= 0.6 is 7.82 Å². The molecule has 0 rings (SSSR count). The Morgan fingerprint density at radius 3 is 1.15 bits per heavy atom. The molecular weight excluding hydrogens is 551 g/mol. The van der Waals surface area contributed by atoms with Crippen LogP contribution in [0.15, 0.2) is 0 Å². The largest absolute Gasteiger partial charge is 0.472 e. The number of carbonyl (C=O) groups is 2. The van der Waals surface area contributed by atoms with E-state index in [-0.39, 0.29) is 12.8 Å². The van der Waals surface area contributed by atoms with Crippen molar-refractivity contribution in [3.63, 3.8) is 0 Å². The van der Waals surface area contributed by atoms with E-state index >= 15 is 0 Å². The number of hydrogen-bond donors (Lipinski definition) is 3. The van der Waals surface area contributed by atoms with Crippen LogP contribution < -0.4 is 0 Å². The van der Waals surface area contributed by atoms with Crippen molar-refractivity contribution in [2.45, 2.75) is 154 Å². The van der Waals surface area contributed by atoms with Gasteiger partial charge in [-0.2, -0.15) is 0 Å². The zero-order valence-corrected chi connectivity index (χ0v) is 26.7. The van der Waals surface area contributed by atoms with Crippen LogP contribution in [0.5, 0.6) is 0 Å². The van der Waals surface area contributed by atoms with E-state index in [0.717, 1.165) is 44.9 Å². The SMILES string of the molecule is CCCCCCCCCCCCCCC(=O)OC(CO)COP(=O)(O)OCC(CO)OC(=O)CCCCCCCC. The van der Waals surface area contributed by atoms with E-state index < -0.39 is 58.4 Å². The number of aliphatic hydroxyl groups excluding tert-OH is 2. The number of aliphatic hydroxyl groups is 2. The summed E-state index contributed by atoms with van der Waals surface area (Å²) in [6.45, 7) is 2.09. The summed E-state index contributed by atoms with van der Waals surface area (Å²) in [5.74, 6) is -1.02. The molecule has 0 aromatic heterocycles. The van der Waals surface area contributed by atoms with Crippen LogP contribution in [0.4, 0.5) is 0 Å². The van der Waals surface area contributed by atoms with Crippen molar-refractivity contribution in [2.24, 2.45) is 0 Å². The first-order valence-electron chi connectivity index (χ1n) is 16.0. The van der Waals surface area contributed by atoms with E-state index in [1.54, 1.807) is 0 Å². The molecule has 3 N–H and O–H groups in total. The number of carbonyl (C=O) groups excluding carboxylic acids is 2. The van der Waals surface area contributed by atoms with Crippen molar-refractivity contribution in [2.75, 3.05) is 26.4 Å². The molecule has 0 aliphatic rings. The maximum absolute atomic E-state index is 12.2. The number of hydrogen-bond acceptors (Lipinski definition) is 9. The van der Waals surface area contributed by atoms with Crippen molar-refractivity contribution in [3.05, 3.63) is 0 Å². The summed E-state index contributed by atoms with van der Waals surface area (Å²) < 4.78 is 32.1. The number of ether oxygens (including phenoxy) is 2. The summed E-state index contributed by atoms with van der Waals surface area (Å²) in [6, 6.07) is 0. The van der Waals surface area contributed by atoms with Crippen molar-refractivity contribution in [3.8, 4) is 0 Å². The number of unbranched alkanes of at least 4 members (excludes halogenated alkanes) is 16. The highest BCUT2D eigenvalue weighted by Crippen LogP contribution is 2.43. The molecule has 0 aliphatic carbocycles. The molecule has 0 fully saturated rings. The molecule has 10 nitrogen and oxygen atoms in total. The summed E-state index contributed by atoms with van der Waals surface area (Å²) >= 11 is 0. The van der Waals surface area contributed by atoms with E-state index in [1.165, 1.54) is 57.8 Å². The molecule has 3 atom stereocenters. The van der Waals surface area contributed by atoms with Crippen molar-refractivity contribution in [1.82, 2.24) is 0 Å². The minimum atomic E-state index is -4.60. The Morgan fingerprint density at radius 2 is 0.854 bits per heavy atom. The van der Waals surface area contributed by atoms with Crippen molar-refractivity contribution in [1.29, 1.82) is 0 Å². The maximum Gasteiger partial charge on any atom is 0.472 e. The molecule has 3 unspecified atom stereocenters. The summed E-state index contributed by atoms with van der Waals surface area (Å²) in [4.78, 5) is 34.0. The lowest BCUT2D eigenvalue weighted by molar-refractivity contribution is -0.153. The molecule has 0 aromatic carbocycles. The standard InChI is InChI=1S/C30H59O10P/c1-3-5-7-9-11-12-13-14-15-16-18-20-22-30(34)40-28(24-32)26-38-41(35,36)37-25-27(23-31)39-29(33)21-19-17-10-8-6-4-2/h27-28,31-32H,3-26H2,1-2H3,(H,35,36). The minimum absolute atomic E-state index is 0.193. The molecule has 0 bridgehead atoms. The molecule has 0 saturated carbocycles. The molecule has 0 spiro atoms. The Morgan fingerprint density at radius 1 is 0.561 bits per heavy atom. The highest BCUT2D eigenvalue weighted by molar-refractivity contribution is 7.47. The van der Waals surface area contributed by atoms with Crippen LogP contribution in [-0.4, -0.2) is 65.7 Å². The lowest BCUT2D eigenvalue weighted by Gasteiger charge is -2.20. The third-order valence-corrected chi connectivity index (χ3v) is 7.77. The van der Waals surface area contributed by atoms with E-state index in [2.05, 4.69) is 13.8 Å². The van der Waals surface area contributed by atoms with Gasteiger partial charge in [0, 0.05) is 12.8 Å². The Hall–Kier alpha value is -1.03. The minimum Gasteiger partial charge on any atom is -0.457 e. The second-order valence-electron chi connectivity index (χ2n) is 10.8. The second kappa shape index (κ2) is 27.8. The smallest absolute Gasteiger partial charge is 0.457 e. The Balaban J connectivity index is 4.03. The first kappa shape index (κ1) is 40.0. The topological polar surface area (TPSA) is 149 Å². The van der Waals surface area contributed by atoms with Gasteiger partial charge >= 0.3 is 19.8 Å². The first-order valence-corrected chi connectivity index (χ1v) is 17.5. The molecule has 41 heavy (non-hydrogen) atoms. The van der Waals surface area contributed by atoms with Crippen LogP contribution in [0.1, 0.15) is 142 Å². The van der Waals surface area contributed by atoms with Gasteiger partial charge in [0.05, 0.1) is 26.4 Å². The van der Waals surface area contributed by atoms with Gasteiger partial charge in [-0.05, 0) is 12.8 Å². The van der Waals surface area contributed by atoms with Gasteiger partial charge in [0.25, 0.3) is 0 Å². The number of rotatable bonds is 30. The van der Waals surface area contributed by atoms with E-state index in [1.807, 2.05) is 0 Å². The third kappa shape index (κ3) is 26.3. The van der Waals surface area contributed by atoms with Crippen molar-refractivity contribution < 1.29 is 47.8 Å². The van der Waals surface area contributed by atoms with Crippen LogP contribution in [0, 0.1) is 0 Å². The van der Waals surface area contributed by atoms with Gasteiger partial charge in [-0.25, -0.2) is 4.57 Å². The molecule has 244 valence electrons. The first-order chi connectivity index (χ1) is 19.8. The highest BCUT2D eigenvalue weighted by Gasteiger charge is 2.27. The quantitative estimate of drug-likeness (QED) is 0.0452. The van der Waals surface area contributed by atoms with Crippen LogP contribution in [-0.2, 0) is 32.7 Å². The van der Waals surface area contributed by atoms with Gasteiger partial charge in [0.2, 0.25) is 0 Å². The summed E-state index contributed by atoms with van der Waals surface area (Å²) in [5, 5.41) is 18.9. The Labute approximate surface area is 248 Å². The van der Waals surface area contributed by atoms with Gasteiger partial charge in [0.1, 0.15) is 12.2 Å². The average molecular weight is 611 g/mol. The number of phosphoric acid groups is 1. The molecule has 0 amide bonds. The summed E-state index contributed by atoms with van der Waals surface area (Å²) in [5.41, 5.74) is 0. The fourth-order valence-electron chi connectivity index (χ4n) is 4.29. The number of esters is 2. The Kier molecular flexibility index (Phi) is 27.1. The van der Waals surface area contributed by atoms with Crippen LogP contribution in [0.3, 0.4) is 0 Å². The highest BCUT2D eigenvalue weighted by atomic mass is 31.2. The molecular formula is C30H59O10P. The predicted octanol–water partition coefficient (Wildman–Crippen LogP) is 6.77. The predicted molar refractivity (Wildman–Crippen MR) is 159 cm³/mol. The van der Waals surface area contributed by atoms with Crippen LogP contribution in [0.25, 0.3) is 0 Å². The monoisotopic (exact) mass is 610 g/mol. The molecule has 0 radical (unpaired) electrons. The molecule has 0 saturated heterocycles. The van der Waals surface area contributed by atoms with Crippen molar-refractivity contribution >= 4 is 19.8 Å². The zero-order chi connectivity index (χ0) is 30.6. The fraction of sp³-hybridized carbons (Fsp3) is 0.933. The average Bonchev–Trinajstić information content (AvgIpc) is 2.95. The third-order valence-electron chi connectivity index (χ3n) is 6.82. The molecule has 0 heterocycles. The molecule has 11 heteroatoms. The van der Waals surface area contributed by atoms with Gasteiger partial charge in [0.15, 0.2) is 0 Å². The zero-order valence-electron chi connectivity index (χ0n) is 25.8. The fourth-order valence-corrected chi connectivity index (χ4v) is 5.07. The lowest BCUT2D eigenvalue weighted by atomic mass is 10.0. The van der Waals surface area contributed by atoms with Crippen LogP contribution in [0.2, 0.25) is 0 Å². The summed E-state index contributed by atoms with van der Waals surface area (Å²) in [6.07, 6.45) is 18.4. The van der Waals surface area contributed by atoms with Gasteiger partial charge in [-0.15, -0.1) is 0 Å². The Bertz CT molecular complexity index is 676. The van der Waals surface area contributed by atoms with Gasteiger partial charge in [-0.3, -0.25) is 18.6 Å². The van der Waals surface area contributed by atoms with E-state index in [9.17, 15) is 29.3 Å². The molecule has 0 aromatic rings. The molecule has 0 aliphatic heterocycles. The normalized spacial score (nSPS) is 14.4. The summed E-state index contributed by atoms with van der Waals surface area (Å²) in [7, 11) is -4.60. The van der Waals surface area contributed by atoms with Gasteiger partial charge in [-0.1, -0.05) is 117 Å².